The highest BCUT2D eigenvalue weighted by atomic mass is 32.2. The van der Waals surface area contributed by atoms with Crippen molar-refractivity contribution in [2.45, 2.75) is 18.8 Å². The molecule has 1 aromatic heterocycles. The molecule has 1 aliphatic rings. The topological polar surface area (TPSA) is 60.9 Å². The van der Waals surface area contributed by atoms with Crippen LogP contribution in [0.25, 0.3) is 10.6 Å². The van der Waals surface area contributed by atoms with E-state index in [1.165, 1.54) is 0 Å². The number of morpholine rings is 1. The van der Waals surface area contributed by atoms with Gasteiger partial charge in [0, 0.05) is 29.8 Å². The molecule has 1 fully saturated rings. The second kappa shape index (κ2) is 9.43. The van der Waals surface area contributed by atoms with Crippen molar-refractivity contribution in [3.63, 3.8) is 0 Å². The number of aromatic nitrogens is 1. The van der Waals surface area contributed by atoms with Gasteiger partial charge in [-0.05, 0) is 25.1 Å². The van der Waals surface area contributed by atoms with Gasteiger partial charge in [-0.1, -0.05) is 0 Å². The Hall–Kier alpha value is -1.77. The number of benzene rings is 1. The van der Waals surface area contributed by atoms with E-state index in [2.05, 4.69) is 4.98 Å². The fourth-order valence-electron chi connectivity index (χ4n) is 2.85. The van der Waals surface area contributed by atoms with Crippen molar-refractivity contribution >= 4 is 29.0 Å². The molecule has 0 aliphatic carbocycles. The quantitative estimate of drug-likeness (QED) is 0.701. The van der Waals surface area contributed by atoms with Crippen molar-refractivity contribution in [2.24, 2.45) is 0 Å². The largest absolute Gasteiger partial charge is 0.493 e. The molecular formula is C19H24N2O4S2. The third-order valence-corrected chi connectivity index (χ3v) is 6.14. The molecule has 27 heavy (non-hydrogen) atoms. The van der Waals surface area contributed by atoms with Gasteiger partial charge >= 0.3 is 0 Å². The van der Waals surface area contributed by atoms with E-state index in [4.69, 9.17) is 14.2 Å². The van der Waals surface area contributed by atoms with Gasteiger partial charge in [0.2, 0.25) is 5.91 Å². The first kappa shape index (κ1) is 20.0. The summed E-state index contributed by atoms with van der Waals surface area (Å²) in [7, 11) is 3.24. The van der Waals surface area contributed by atoms with Crippen LogP contribution in [0.5, 0.6) is 11.5 Å². The Kier molecular flexibility index (Phi) is 6.98. The molecule has 0 unspecified atom stereocenters. The summed E-state index contributed by atoms with van der Waals surface area (Å²) >= 11 is 3.19. The average Bonchev–Trinajstić information content (AvgIpc) is 3.16. The van der Waals surface area contributed by atoms with E-state index < -0.39 is 0 Å². The molecule has 6 nitrogen and oxygen atoms in total. The molecule has 1 aromatic carbocycles. The molecule has 0 radical (unpaired) electrons. The molecule has 0 spiro atoms. The Morgan fingerprint density at radius 3 is 2.93 bits per heavy atom. The van der Waals surface area contributed by atoms with E-state index in [1.54, 1.807) is 37.3 Å². The molecule has 0 saturated carbocycles. The van der Waals surface area contributed by atoms with Crippen molar-refractivity contribution in [3.05, 3.63) is 29.3 Å². The molecule has 3 rings (SSSR count). The number of rotatable bonds is 7. The number of methoxy groups -OCH3 is 2. The van der Waals surface area contributed by atoms with E-state index in [-0.39, 0.29) is 12.0 Å². The van der Waals surface area contributed by atoms with E-state index in [0.29, 0.717) is 36.9 Å². The van der Waals surface area contributed by atoms with Gasteiger partial charge in [0.05, 0.1) is 38.4 Å². The zero-order valence-corrected chi connectivity index (χ0v) is 17.4. The SMILES string of the molecule is COc1ccc(-c2nc(CSCC(=O)N3CCO[C@@H](C)C3)cs2)cc1OC. The highest BCUT2D eigenvalue weighted by Gasteiger charge is 2.21. The van der Waals surface area contributed by atoms with Crippen molar-refractivity contribution in [2.75, 3.05) is 39.7 Å². The first-order valence-corrected chi connectivity index (χ1v) is 10.8. The van der Waals surface area contributed by atoms with Gasteiger partial charge in [-0.2, -0.15) is 0 Å². The number of ether oxygens (including phenoxy) is 3. The second-order valence-corrected chi connectivity index (χ2v) is 8.07. The summed E-state index contributed by atoms with van der Waals surface area (Å²) in [6.07, 6.45) is 0.121. The lowest BCUT2D eigenvalue weighted by atomic mass is 10.2. The first-order valence-electron chi connectivity index (χ1n) is 8.74. The van der Waals surface area contributed by atoms with Gasteiger partial charge in [-0.3, -0.25) is 4.79 Å². The van der Waals surface area contributed by atoms with Gasteiger partial charge in [0.1, 0.15) is 5.01 Å². The number of hydrogen-bond acceptors (Lipinski definition) is 7. The number of nitrogens with zero attached hydrogens (tertiary/aromatic N) is 2. The predicted octanol–water partition coefficient (Wildman–Crippen LogP) is 3.31. The van der Waals surface area contributed by atoms with E-state index >= 15 is 0 Å². The van der Waals surface area contributed by atoms with Gasteiger partial charge in [-0.25, -0.2) is 4.98 Å². The zero-order valence-electron chi connectivity index (χ0n) is 15.8. The maximum absolute atomic E-state index is 12.3. The van der Waals surface area contributed by atoms with Crippen LogP contribution in [0, 0.1) is 0 Å². The van der Waals surface area contributed by atoms with E-state index in [0.717, 1.165) is 22.0 Å². The van der Waals surface area contributed by atoms with Crippen molar-refractivity contribution in [1.29, 1.82) is 0 Å². The number of carbonyl (C=O) groups excluding carboxylic acids is 1. The number of thioether (sulfide) groups is 1. The molecule has 2 heterocycles. The minimum absolute atomic E-state index is 0.121. The summed E-state index contributed by atoms with van der Waals surface area (Å²) in [6, 6.07) is 5.78. The molecule has 1 amide bonds. The monoisotopic (exact) mass is 408 g/mol. The lowest BCUT2D eigenvalue weighted by Gasteiger charge is -2.31. The number of carbonyl (C=O) groups is 1. The van der Waals surface area contributed by atoms with Crippen LogP contribution in [0.4, 0.5) is 0 Å². The fraction of sp³-hybridized carbons (Fsp3) is 0.474. The molecule has 8 heteroatoms. The summed E-state index contributed by atoms with van der Waals surface area (Å²) in [6.45, 7) is 3.99. The smallest absolute Gasteiger partial charge is 0.232 e. The zero-order chi connectivity index (χ0) is 19.2. The Morgan fingerprint density at radius 1 is 1.37 bits per heavy atom. The molecule has 1 aliphatic heterocycles. The van der Waals surface area contributed by atoms with Crippen LogP contribution < -0.4 is 9.47 Å². The lowest BCUT2D eigenvalue weighted by Crippen LogP contribution is -2.45. The van der Waals surface area contributed by atoms with Gasteiger partial charge in [-0.15, -0.1) is 23.1 Å². The van der Waals surface area contributed by atoms with E-state index in [9.17, 15) is 4.79 Å². The third-order valence-electron chi connectivity index (χ3n) is 4.25. The van der Waals surface area contributed by atoms with E-state index in [1.807, 2.05) is 35.4 Å². The molecular weight excluding hydrogens is 384 g/mol. The van der Waals surface area contributed by atoms with Crippen LogP contribution in [0.3, 0.4) is 0 Å². The van der Waals surface area contributed by atoms with Crippen molar-refractivity contribution in [1.82, 2.24) is 9.88 Å². The second-order valence-electron chi connectivity index (χ2n) is 6.23. The van der Waals surface area contributed by atoms with Gasteiger partial charge < -0.3 is 19.1 Å². The molecule has 2 aromatic rings. The van der Waals surface area contributed by atoms with Crippen molar-refractivity contribution < 1.29 is 19.0 Å². The van der Waals surface area contributed by atoms with Crippen LogP contribution in [-0.2, 0) is 15.3 Å². The molecule has 146 valence electrons. The standard InChI is InChI=1S/C19H24N2O4S2/c1-13-9-21(6-7-25-13)18(22)12-26-10-15-11-27-19(20-15)14-4-5-16(23-2)17(8-14)24-3/h4-5,8,11,13H,6-7,9-10,12H2,1-3H3/t13-/m0/s1. The summed E-state index contributed by atoms with van der Waals surface area (Å²) < 4.78 is 16.1. The Balaban J connectivity index is 1.54. The minimum Gasteiger partial charge on any atom is -0.493 e. The van der Waals surface area contributed by atoms with Crippen LogP contribution in [0.2, 0.25) is 0 Å². The normalized spacial score (nSPS) is 17.0. The summed E-state index contributed by atoms with van der Waals surface area (Å²) in [4.78, 5) is 18.9. The Labute approximate surface area is 167 Å². The minimum atomic E-state index is 0.121. The summed E-state index contributed by atoms with van der Waals surface area (Å²) in [5.41, 5.74) is 1.98. The van der Waals surface area contributed by atoms with Crippen LogP contribution in [-0.4, -0.2) is 61.6 Å². The number of hydrogen-bond donors (Lipinski definition) is 0. The summed E-state index contributed by atoms with van der Waals surface area (Å²) in [5.74, 6) is 2.74. The third kappa shape index (κ3) is 5.15. The number of thiazole rings is 1. The Morgan fingerprint density at radius 2 is 2.19 bits per heavy atom. The van der Waals surface area contributed by atoms with Crippen molar-refractivity contribution in [3.8, 4) is 22.1 Å². The summed E-state index contributed by atoms with van der Waals surface area (Å²) in [5, 5.41) is 2.97. The average molecular weight is 409 g/mol. The van der Waals surface area contributed by atoms with Crippen LogP contribution in [0.1, 0.15) is 12.6 Å². The lowest BCUT2D eigenvalue weighted by molar-refractivity contribution is -0.135. The highest BCUT2D eigenvalue weighted by Crippen LogP contribution is 2.33. The predicted molar refractivity (Wildman–Crippen MR) is 109 cm³/mol. The molecule has 0 bridgehead atoms. The fourth-order valence-corrected chi connectivity index (χ4v) is 4.59. The van der Waals surface area contributed by atoms with Crippen LogP contribution >= 0.6 is 23.1 Å². The highest BCUT2D eigenvalue weighted by molar-refractivity contribution is 7.99. The maximum Gasteiger partial charge on any atom is 0.232 e. The Bertz CT molecular complexity index is 781. The molecule has 1 atom stereocenters. The molecule has 1 saturated heterocycles. The van der Waals surface area contributed by atoms with Gasteiger partial charge in [0.25, 0.3) is 0 Å². The van der Waals surface area contributed by atoms with Gasteiger partial charge in [0.15, 0.2) is 11.5 Å². The van der Waals surface area contributed by atoms with Crippen LogP contribution in [0.15, 0.2) is 23.6 Å². The molecule has 0 N–H and O–H groups in total. The number of amides is 1. The maximum atomic E-state index is 12.3. The first-order chi connectivity index (χ1) is 13.1.